The van der Waals surface area contributed by atoms with Crippen LogP contribution in [0.5, 0.6) is 0 Å². The first-order valence-corrected chi connectivity index (χ1v) is 8.93. The highest BCUT2D eigenvalue weighted by Gasteiger charge is 2.24. The Morgan fingerprint density at radius 3 is 2.71 bits per heavy atom. The van der Waals surface area contributed by atoms with Crippen molar-refractivity contribution in [2.45, 2.75) is 44.4 Å². The fraction of sp³-hybridized carbons (Fsp3) is 0.562. The lowest BCUT2D eigenvalue weighted by molar-refractivity contribution is 0.257. The molecule has 114 valence electrons. The van der Waals surface area contributed by atoms with Gasteiger partial charge < -0.3 is 0 Å². The summed E-state index contributed by atoms with van der Waals surface area (Å²) in [6.45, 7) is 4.43. The minimum Gasteiger partial charge on any atom is -0.211 e. The molecular weight excluding hydrogens is 284 g/mol. The molecule has 0 bridgehead atoms. The molecule has 0 aliphatic heterocycles. The smallest absolute Gasteiger partial charge is 0.211 e. The Bertz CT molecular complexity index is 647. The summed E-state index contributed by atoms with van der Waals surface area (Å²) in [6, 6.07) is 6.75. The summed E-state index contributed by atoms with van der Waals surface area (Å²) in [5, 5.41) is 8.92. The Hall–Kier alpha value is -1.38. The molecule has 2 unspecified atom stereocenters. The van der Waals surface area contributed by atoms with E-state index in [1.165, 1.54) is 25.3 Å². The first-order valence-electron chi connectivity index (χ1n) is 7.44. The molecule has 0 spiro atoms. The van der Waals surface area contributed by atoms with Crippen LogP contribution in [0.4, 0.5) is 0 Å². The average Bonchev–Trinajstić information content (AvgIpc) is 2.47. The molecule has 0 saturated heterocycles. The van der Waals surface area contributed by atoms with Crippen molar-refractivity contribution < 1.29 is 8.42 Å². The second-order valence-electron chi connectivity index (χ2n) is 5.97. The molecule has 1 aromatic rings. The van der Waals surface area contributed by atoms with Gasteiger partial charge in [-0.25, -0.2) is 13.1 Å². The highest BCUT2D eigenvalue weighted by molar-refractivity contribution is 7.89. The van der Waals surface area contributed by atoms with E-state index in [1.54, 1.807) is 19.1 Å². The van der Waals surface area contributed by atoms with Crippen molar-refractivity contribution in [1.29, 1.82) is 5.26 Å². The number of nitrogens with one attached hydrogen (secondary N) is 1. The Kier molecular flexibility index (Phi) is 5.02. The van der Waals surface area contributed by atoms with Crippen molar-refractivity contribution in [1.82, 2.24) is 4.72 Å². The quantitative estimate of drug-likeness (QED) is 0.929. The Labute approximate surface area is 127 Å². The SMILES string of the molecule is Cc1ccc(C#N)cc1S(=O)(=O)NCC1CCCCC1C. The molecule has 1 saturated carbocycles. The Morgan fingerprint density at radius 1 is 1.33 bits per heavy atom. The van der Waals surface area contributed by atoms with Gasteiger partial charge in [0.25, 0.3) is 0 Å². The summed E-state index contributed by atoms with van der Waals surface area (Å²) in [5.41, 5.74) is 1.03. The van der Waals surface area contributed by atoms with Crippen LogP contribution in [-0.4, -0.2) is 15.0 Å². The van der Waals surface area contributed by atoms with E-state index in [0.717, 1.165) is 6.42 Å². The predicted molar refractivity (Wildman–Crippen MR) is 82.2 cm³/mol. The third-order valence-electron chi connectivity index (χ3n) is 4.43. The summed E-state index contributed by atoms with van der Waals surface area (Å²) in [6.07, 6.45) is 4.68. The maximum Gasteiger partial charge on any atom is 0.240 e. The number of nitrogens with zero attached hydrogens (tertiary/aromatic N) is 1. The minimum atomic E-state index is -3.55. The topological polar surface area (TPSA) is 70.0 Å². The van der Waals surface area contributed by atoms with Gasteiger partial charge in [-0.2, -0.15) is 5.26 Å². The Balaban J connectivity index is 2.13. The van der Waals surface area contributed by atoms with Crippen molar-refractivity contribution in [3.8, 4) is 6.07 Å². The van der Waals surface area contributed by atoms with Gasteiger partial charge in [0, 0.05) is 6.54 Å². The lowest BCUT2D eigenvalue weighted by Gasteiger charge is -2.28. The summed E-state index contributed by atoms with van der Waals surface area (Å²) in [7, 11) is -3.55. The molecule has 1 aliphatic carbocycles. The van der Waals surface area contributed by atoms with E-state index in [-0.39, 0.29) is 4.90 Å². The van der Waals surface area contributed by atoms with Gasteiger partial charge in [-0.05, 0) is 42.9 Å². The number of sulfonamides is 1. The molecule has 0 amide bonds. The third kappa shape index (κ3) is 3.84. The van der Waals surface area contributed by atoms with Crippen LogP contribution in [-0.2, 0) is 10.0 Å². The number of hydrogen-bond acceptors (Lipinski definition) is 3. The van der Waals surface area contributed by atoms with Gasteiger partial charge >= 0.3 is 0 Å². The average molecular weight is 306 g/mol. The van der Waals surface area contributed by atoms with E-state index < -0.39 is 10.0 Å². The van der Waals surface area contributed by atoms with Crippen LogP contribution >= 0.6 is 0 Å². The molecule has 2 rings (SSSR count). The van der Waals surface area contributed by atoms with Gasteiger partial charge in [-0.15, -0.1) is 0 Å². The van der Waals surface area contributed by atoms with Crippen molar-refractivity contribution in [3.05, 3.63) is 29.3 Å². The van der Waals surface area contributed by atoms with Gasteiger partial charge in [-0.1, -0.05) is 32.3 Å². The number of rotatable bonds is 4. The molecule has 4 nitrogen and oxygen atoms in total. The van der Waals surface area contributed by atoms with Crippen molar-refractivity contribution >= 4 is 10.0 Å². The fourth-order valence-corrected chi connectivity index (χ4v) is 4.31. The summed E-state index contributed by atoms with van der Waals surface area (Å²) in [5.74, 6) is 0.973. The zero-order chi connectivity index (χ0) is 15.5. The third-order valence-corrected chi connectivity index (χ3v) is 6.00. The zero-order valence-corrected chi connectivity index (χ0v) is 13.4. The van der Waals surface area contributed by atoms with Gasteiger partial charge in [0.05, 0.1) is 16.5 Å². The standard InChI is InChI=1S/C16H22N2O2S/c1-12-5-3-4-6-15(12)11-18-21(19,20)16-9-14(10-17)8-7-13(16)2/h7-9,12,15,18H,3-6,11H2,1-2H3. The van der Waals surface area contributed by atoms with Crippen LogP contribution in [0.2, 0.25) is 0 Å². The molecule has 1 aliphatic rings. The maximum atomic E-state index is 12.4. The van der Waals surface area contributed by atoms with E-state index in [2.05, 4.69) is 11.6 Å². The predicted octanol–water partition coefficient (Wildman–Crippen LogP) is 2.97. The molecular formula is C16H22N2O2S. The highest BCUT2D eigenvalue weighted by atomic mass is 32.2. The van der Waals surface area contributed by atoms with Crippen LogP contribution < -0.4 is 4.72 Å². The van der Waals surface area contributed by atoms with Gasteiger partial charge in [0.15, 0.2) is 0 Å². The van der Waals surface area contributed by atoms with Crippen LogP contribution in [0.3, 0.4) is 0 Å². The fourth-order valence-electron chi connectivity index (χ4n) is 2.95. The number of aryl methyl sites for hydroxylation is 1. The lowest BCUT2D eigenvalue weighted by atomic mass is 9.81. The summed E-state index contributed by atoms with van der Waals surface area (Å²) in [4.78, 5) is 0.213. The van der Waals surface area contributed by atoms with Crippen LogP contribution in [0, 0.1) is 30.1 Å². The second-order valence-corrected chi connectivity index (χ2v) is 7.70. The molecule has 0 heterocycles. The molecule has 1 aromatic carbocycles. The lowest BCUT2D eigenvalue weighted by Crippen LogP contribution is -2.33. The van der Waals surface area contributed by atoms with Crippen molar-refractivity contribution in [2.24, 2.45) is 11.8 Å². The molecule has 2 atom stereocenters. The molecule has 21 heavy (non-hydrogen) atoms. The Morgan fingerprint density at radius 2 is 2.05 bits per heavy atom. The van der Waals surface area contributed by atoms with E-state index in [1.807, 2.05) is 6.07 Å². The minimum absolute atomic E-state index is 0.213. The van der Waals surface area contributed by atoms with E-state index in [0.29, 0.717) is 29.5 Å². The highest BCUT2D eigenvalue weighted by Crippen LogP contribution is 2.29. The zero-order valence-electron chi connectivity index (χ0n) is 12.6. The number of benzene rings is 1. The van der Waals surface area contributed by atoms with Crippen LogP contribution in [0.25, 0.3) is 0 Å². The van der Waals surface area contributed by atoms with Crippen LogP contribution in [0.1, 0.15) is 43.7 Å². The second kappa shape index (κ2) is 6.59. The summed E-state index contributed by atoms with van der Waals surface area (Å²) >= 11 is 0. The van der Waals surface area contributed by atoms with E-state index >= 15 is 0 Å². The van der Waals surface area contributed by atoms with Gasteiger partial charge in [0.1, 0.15) is 0 Å². The molecule has 0 radical (unpaired) electrons. The summed E-state index contributed by atoms with van der Waals surface area (Å²) < 4.78 is 27.6. The van der Waals surface area contributed by atoms with E-state index in [4.69, 9.17) is 5.26 Å². The van der Waals surface area contributed by atoms with Crippen molar-refractivity contribution in [2.75, 3.05) is 6.54 Å². The van der Waals surface area contributed by atoms with E-state index in [9.17, 15) is 8.42 Å². The molecule has 5 heteroatoms. The number of hydrogen-bond donors (Lipinski definition) is 1. The van der Waals surface area contributed by atoms with Crippen molar-refractivity contribution in [3.63, 3.8) is 0 Å². The van der Waals surface area contributed by atoms with Crippen LogP contribution in [0.15, 0.2) is 23.1 Å². The molecule has 0 aromatic heterocycles. The first kappa shape index (κ1) is 16.0. The van der Waals surface area contributed by atoms with Gasteiger partial charge in [-0.3, -0.25) is 0 Å². The van der Waals surface area contributed by atoms with Gasteiger partial charge in [0.2, 0.25) is 10.0 Å². The maximum absolute atomic E-state index is 12.4. The molecule has 1 fully saturated rings. The normalized spacial score (nSPS) is 22.7. The monoisotopic (exact) mass is 306 g/mol. The number of nitriles is 1. The first-order chi connectivity index (χ1) is 9.94. The largest absolute Gasteiger partial charge is 0.240 e. The molecule has 1 N–H and O–H groups in total.